The molecule has 0 aliphatic heterocycles. The monoisotopic (exact) mass is 196 g/mol. The molecule has 1 heteroatoms. The third-order valence-electron chi connectivity index (χ3n) is 3.95. The van der Waals surface area contributed by atoms with Crippen LogP contribution in [0.2, 0.25) is 25.7 Å². The van der Waals surface area contributed by atoms with E-state index in [1.807, 2.05) is 0 Å². The summed E-state index contributed by atoms with van der Waals surface area (Å²) in [6.07, 6.45) is 7.87. The second-order valence-corrected chi connectivity index (χ2v) is 12.2. The lowest BCUT2D eigenvalue weighted by atomic mass is 9.87. The number of rotatable bonds is 3. The fourth-order valence-electron chi connectivity index (χ4n) is 2.85. The van der Waals surface area contributed by atoms with Crippen LogP contribution >= 0.6 is 0 Å². The molecule has 0 bridgehead atoms. The maximum absolute atomic E-state index is 2.51. The molecule has 2 aliphatic rings. The quantitative estimate of drug-likeness (QED) is 0.595. The number of fused-ring (bicyclic) bond motifs is 1. The van der Waals surface area contributed by atoms with Crippen molar-refractivity contribution in [2.24, 2.45) is 17.8 Å². The highest BCUT2D eigenvalue weighted by molar-refractivity contribution is 6.76. The first-order valence-corrected chi connectivity index (χ1v) is 9.75. The van der Waals surface area contributed by atoms with E-state index in [2.05, 4.69) is 19.6 Å². The van der Waals surface area contributed by atoms with Crippen LogP contribution in [0.1, 0.15) is 32.1 Å². The zero-order valence-corrected chi connectivity index (χ0v) is 10.5. The van der Waals surface area contributed by atoms with Crippen molar-refractivity contribution in [2.45, 2.75) is 57.8 Å². The van der Waals surface area contributed by atoms with Crippen LogP contribution in [0.4, 0.5) is 0 Å². The van der Waals surface area contributed by atoms with E-state index in [4.69, 9.17) is 0 Å². The predicted molar refractivity (Wildman–Crippen MR) is 61.7 cm³/mol. The van der Waals surface area contributed by atoms with Crippen LogP contribution in [0.15, 0.2) is 0 Å². The van der Waals surface area contributed by atoms with E-state index in [0.717, 1.165) is 5.92 Å². The minimum atomic E-state index is -0.750. The van der Waals surface area contributed by atoms with Crippen molar-refractivity contribution >= 4 is 8.07 Å². The average Bonchev–Trinajstić information content (AvgIpc) is 2.76. The Morgan fingerprint density at radius 1 is 1.00 bits per heavy atom. The molecular weight excluding hydrogens is 172 g/mol. The van der Waals surface area contributed by atoms with Gasteiger partial charge in [-0.05, 0) is 37.0 Å². The summed E-state index contributed by atoms with van der Waals surface area (Å²) < 4.78 is 0. The zero-order valence-electron chi connectivity index (χ0n) is 9.47. The molecule has 2 aliphatic carbocycles. The molecule has 0 aromatic rings. The summed E-state index contributed by atoms with van der Waals surface area (Å²) in [5.74, 6) is 3.49. The van der Waals surface area contributed by atoms with Gasteiger partial charge >= 0.3 is 0 Å². The van der Waals surface area contributed by atoms with Crippen molar-refractivity contribution in [3.05, 3.63) is 0 Å². The van der Waals surface area contributed by atoms with E-state index in [0.29, 0.717) is 0 Å². The maximum atomic E-state index is 2.51. The van der Waals surface area contributed by atoms with Gasteiger partial charge in [-0.2, -0.15) is 0 Å². The molecule has 3 atom stereocenters. The van der Waals surface area contributed by atoms with Gasteiger partial charge in [-0.15, -0.1) is 0 Å². The van der Waals surface area contributed by atoms with Gasteiger partial charge in [0.05, 0.1) is 0 Å². The smallest absolute Gasteiger partial charge is 0.0442 e. The molecule has 3 unspecified atom stereocenters. The number of hydrogen-bond donors (Lipinski definition) is 0. The molecule has 0 aromatic carbocycles. The lowest BCUT2D eigenvalue weighted by Crippen LogP contribution is -2.21. The molecule has 13 heavy (non-hydrogen) atoms. The van der Waals surface area contributed by atoms with Gasteiger partial charge in [0.15, 0.2) is 0 Å². The first-order chi connectivity index (χ1) is 6.04. The molecular formula is C12H24Si. The lowest BCUT2D eigenvalue weighted by molar-refractivity contribution is 0.334. The Bertz CT molecular complexity index is 180. The van der Waals surface area contributed by atoms with Crippen LogP contribution in [-0.4, -0.2) is 8.07 Å². The molecule has 0 amide bonds. The third kappa shape index (κ3) is 2.83. The Balaban J connectivity index is 1.70. The highest BCUT2D eigenvalue weighted by Gasteiger charge is 2.41. The van der Waals surface area contributed by atoms with Gasteiger partial charge in [-0.3, -0.25) is 0 Å². The van der Waals surface area contributed by atoms with Crippen molar-refractivity contribution in [2.75, 3.05) is 0 Å². The van der Waals surface area contributed by atoms with Gasteiger partial charge in [-0.1, -0.05) is 38.5 Å². The largest absolute Gasteiger partial charge is 0.0695 e. The van der Waals surface area contributed by atoms with Gasteiger partial charge < -0.3 is 0 Å². The van der Waals surface area contributed by atoms with Crippen LogP contribution < -0.4 is 0 Å². The van der Waals surface area contributed by atoms with Crippen LogP contribution in [0.3, 0.4) is 0 Å². The molecule has 0 aromatic heterocycles. The van der Waals surface area contributed by atoms with Crippen LogP contribution in [-0.2, 0) is 0 Å². The molecule has 0 nitrogen and oxygen atoms in total. The summed E-state index contributed by atoms with van der Waals surface area (Å²) in [5.41, 5.74) is 0. The first-order valence-electron chi connectivity index (χ1n) is 6.04. The Labute approximate surface area is 84.1 Å². The molecule has 0 heterocycles. The highest BCUT2D eigenvalue weighted by Crippen LogP contribution is 2.52. The second-order valence-electron chi connectivity index (χ2n) is 6.53. The molecule has 0 spiro atoms. The van der Waals surface area contributed by atoms with E-state index in [-0.39, 0.29) is 0 Å². The standard InChI is InChI=1S/C12H24Si/c1-13(2,3)7-6-10-4-5-11-9-12(11)8-10/h10-12H,4-9H2,1-3H3. The van der Waals surface area contributed by atoms with Crippen molar-refractivity contribution in [3.8, 4) is 0 Å². The normalized spacial score (nSPS) is 38.5. The topological polar surface area (TPSA) is 0 Å². The molecule has 0 saturated heterocycles. The molecule has 2 rings (SSSR count). The van der Waals surface area contributed by atoms with E-state index in [1.54, 1.807) is 38.1 Å². The number of hydrogen-bond acceptors (Lipinski definition) is 0. The Hall–Kier alpha value is 0.217. The van der Waals surface area contributed by atoms with Crippen molar-refractivity contribution in [1.29, 1.82) is 0 Å². The average molecular weight is 196 g/mol. The molecule has 0 N–H and O–H groups in total. The van der Waals surface area contributed by atoms with Gasteiger partial charge in [0.1, 0.15) is 0 Å². The van der Waals surface area contributed by atoms with Crippen molar-refractivity contribution in [1.82, 2.24) is 0 Å². The SMILES string of the molecule is C[Si](C)(C)CCC1CCC2CC2C1. The van der Waals surface area contributed by atoms with Crippen molar-refractivity contribution in [3.63, 3.8) is 0 Å². The predicted octanol–water partition coefficient (Wildman–Crippen LogP) is 4.15. The van der Waals surface area contributed by atoms with Gasteiger partial charge in [0, 0.05) is 8.07 Å². The van der Waals surface area contributed by atoms with Gasteiger partial charge in [0.2, 0.25) is 0 Å². The summed E-state index contributed by atoms with van der Waals surface area (Å²) in [4.78, 5) is 0. The first kappa shape index (κ1) is 9.76. The molecule has 2 saturated carbocycles. The van der Waals surface area contributed by atoms with Crippen LogP contribution in [0, 0.1) is 17.8 Å². The highest BCUT2D eigenvalue weighted by atomic mass is 28.3. The fraction of sp³-hybridized carbons (Fsp3) is 1.00. The zero-order chi connectivity index (χ0) is 9.47. The minimum absolute atomic E-state index is 0.750. The minimum Gasteiger partial charge on any atom is -0.0695 e. The fourth-order valence-corrected chi connectivity index (χ4v) is 4.12. The molecule has 2 fully saturated rings. The summed E-state index contributed by atoms with van der Waals surface area (Å²) >= 11 is 0. The summed E-state index contributed by atoms with van der Waals surface area (Å²) in [6, 6.07) is 1.56. The molecule has 76 valence electrons. The van der Waals surface area contributed by atoms with Crippen molar-refractivity contribution < 1.29 is 0 Å². The van der Waals surface area contributed by atoms with E-state index < -0.39 is 8.07 Å². The summed E-state index contributed by atoms with van der Waals surface area (Å²) in [7, 11) is -0.750. The van der Waals surface area contributed by atoms with Gasteiger partial charge in [-0.25, -0.2) is 0 Å². The summed E-state index contributed by atoms with van der Waals surface area (Å²) in [6.45, 7) is 7.53. The summed E-state index contributed by atoms with van der Waals surface area (Å²) in [5, 5.41) is 0. The molecule has 0 radical (unpaired) electrons. The lowest BCUT2D eigenvalue weighted by Gasteiger charge is -2.24. The Morgan fingerprint density at radius 3 is 2.38 bits per heavy atom. The maximum Gasteiger partial charge on any atom is 0.0442 e. The van der Waals surface area contributed by atoms with E-state index in [9.17, 15) is 0 Å². The second kappa shape index (κ2) is 3.41. The van der Waals surface area contributed by atoms with Gasteiger partial charge in [0.25, 0.3) is 0 Å². The Kier molecular flexibility index (Phi) is 2.56. The van der Waals surface area contributed by atoms with Crippen LogP contribution in [0.25, 0.3) is 0 Å². The van der Waals surface area contributed by atoms with E-state index >= 15 is 0 Å². The Morgan fingerprint density at radius 2 is 1.77 bits per heavy atom. The third-order valence-corrected chi connectivity index (χ3v) is 5.74. The van der Waals surface area contributed by atoms with Crippen LogP contribution in [0.5, 0.6) is 0 Å². The van der Waals surface area contributed by atoms with E-state index in [1.165, 1.54) is 11.8 Å².